The fourth-order valence-electron chi connectivity index (χ4n) is 19.2. The summed E-state index contributed by atoms with van der Waals surface area (Å²) in [7, 11) is 0. The first-order valence-electron chi connectivity index (χ1n) is 34.1. The molecular formula is C65H106O31. The molecule has 4 saturated carbocycles. The SMILES string of the molecule is C[C@@H]1O[C@@H](O[C@H]2CC[C@@]3(C)[C@@H](CC[C@]4(C)[C@H]3CC=C3[C@@H]5CC(C)(C)CC[C@]5(C(=O)O[C@@H]5O[C@H](CO)[C@@H](O[C@@H]6O[C@H]([C@H](O)CO)[C@H](O)[C@H]6O[C@@H]6O[C@H](CO)[C@@H](O)[C@H](O)[C@H]6O)[C@H](O)[C@H]5O)CC[C@]34C)C2(C)C)[C@H](O)[C@H](O[C@H]2O[C@H]([C@H](O)CO)[C@H](O)[C@H]2O[C@@H]2OC[C@@H](O)[C@H](O)[C@H]2O)[C@H]1O. The minimum Gasteiger partial charge on any atom is -0.432 e. The van der Waals surface area contributed by atoms with Crippen molar-refractivity contribution in [3.8, 4) is 0 Å². The molecular weight excluding hydrogens is 1280 g/mol. The van der Waals surface area contributed by atoms with Gasteiger partial charge in [-0.1, -0.05) is 60.1 Å². The lowest BCUT2D eigenvalue weighted by atomic mass is 9.33. The predicted octanol–water partition coefficient (Wildman–Crippen LogP) is -4.72. The first-order valence-corrected chi connectivity index (χ1v) is 34.1. The van der Waals surface area contributed by atoms with Gasteiger partial charge in [0, 0.05) is 0 Å². The Balaban J connectivity index is 0.778. The van der Waals surface area contributed by atoms with E-state index in [0.717, 1.165) is 19.3 Å². The molecule has 11 aliphatic rings. The van der Waals surface area contributed by atoms with Crippen LogP contribution in [0.1, 0.15) is 120 Å². The highest BCUT2D eigenvalue weighted by atomic mass is 16.8. The van der Waals surface area contributed by atoms with Crippen molar-refractivity contribution in [1.82, 2.24) is 0 Å². The van der Waals surface area contributed by atoms with Crippen LogP contribution in [0.4, 0.5) is 0 Å². The molecule has 0 aromatic rings. The minimum atomic E-state index is -2.00. The number of hydrogen-bond donors (Lipinski definition) is 18. The molecule has 0 bridgehead atoms. The molecule has 0 aromatic heterocycles. The Morgan fingerprint density at radius 1 is 0.521 bits per heavy atom. The lowest BCUT2D eigenvalue weighted by Crippen LogP contribution is -2.66. The standard InChI is InChI=1S/C65H106O31/c1-25-36(73)50(93-58-51(44(81)47(91-58)28(70)20-66)94-53-41(78)37(74)30(72)24-85-53)46(83)56(86-25)89-35-12-13-62(6)33(61(35,4)5)11-14-64(8)34(62)10-9-26-27-19-60(2,3)15-17-65(27,18-16-63(26,64)7)59(84)96-55-43(80)40(77)49(32(23-69)88-55)92-57-52(45(82)48(90-57)29(71)21-67)95-54-42(79)39(76)38(75)31(22-68)87-54/h9,25,27-58,66-83H,10-24H2,1-8H3/t25-,27-,28+,29+,30+,31+,32+,33-,34-,35-,36-,37-,38+,39-,40+,41+,42+,43+,44-,45-,46+,47+,48+,49+,50+,51+,52+,53-,54-,55-,56-,57-,58+,62-,63+,64+,65-/m0/s1. The number of ether oxygens (including phenoxy) is 12. The van der Waals surface area contributed by atoms with E-state index in [2.05, 4.69) is 54.5 Å². The second kappa shape index (κ2) is 28.3. The van der Waals surface area contributed by atoms with Gasteiger partial charge >= 0.3 is 5.97 Å². The summed E-state index contributed by atoms with van der Waals surface area (Å²) in [5.41, 5.74) is -1.58. The first-order chi connectivity index (χ1) is 45.1. The number of carbonyl (C=O) groups excluding carboxylic acids is 1. The summed E-state index contributed by atoms with van der Waals surface area (Å²) in [6.45, 7) is 13.5. The minimum absolute atomic E-state index is 0.0882. The van der Waals surface area contributed by atoms with E-state index in [1.165, 1.54) is 5.57 Å². The summed E-state index contributed by atoms with van der Waals surface area (Å²) in [5.74, 6) is -0.704. The van der Waals surface area contributed by atoms with Crippen molar-refractivity contribution in [2.45, 2.75) is 304 Å². The fourth-order valence-corrected chi connectivity index (χ4v) is 19.2. The van der Waals surface area contributed by atoms with Gasteiger partial charge in [-0.05, 0) is 116 Å². The van der Waals surface area contributed by atoms with Crippen molar-refractivity contribution in [1.29, 1.82) is 0 Å². The summed E-state index contributed by atoms with van der Waals surface area (Å²) >= 11 is 0. The van der Waals surface area contributed by atoms with Gasteiger partial charge in [0.1, 0.15) is 134 Å². The van der Waals surface area contributed by atoms with E-state index in [9.17, 15) is 91.9 Å². The van der Waals surface area contributed by atoms with Crippen molar-refractivity contribution < 1.29 is 154 Å². The van der Waals surface area contributed by atoms with Crippen molar-refractivity contribution in [2.75, 3.05) is 33.0 Å². The van der Waals surface area contributed by atoms with Crippen LogP contribution < -0.4 is 0 Å². The molecule has 0 aromatic carbocycles. The van der Waals surface area contributed by atoms with Gasteiger partial charge in [0.05, 0.1) is 50.7 Å². The molecule has 37 atom stereocenters. The molecule has 0 unspecified atom stereocenters. The Labute approximate surface area is 556 Å². The van der Waals surface area contributed by atoms with Crippen LogP contribution in [0, 0.1) is 50.2 Å². The summed E-state index contributed by atoms with van der Waals surface area (Å²) < 4.78 is 71.9. The molecule has 6 heterocycles. The molecule has 552 valence electrons. The van der Waals surface area contributed by atoms with Gasteiger partial charge in [-0.3, -0.25) is 4.79 Å². The van der Waals surface area contributed by atoms with Crippen molar-refractivity contribution >= 4 is 5.97 Å². The van der Waals surface area contributed by atoms with Gasteiger partial charge in [-0.2, -0.15) is 0 Å². The number of allylic oxidation sites excluding steroid dienone is 2. The third-order valence-corrected chi connectivity index (χ3v) is 25.2. The molecule has 6 aliphatic heterocycles. The predicted molar refractivity (Wildman–Crippen MR) is 321 cm³/mol. The smallest absolute Gasteiger partial charge is 0.315 e. The highest BCUT2D eigenvalue weighted by molar-refractivity contribution is 5.79. The number of esters is 1. The van der Waals surface area contributed by atoms with E-state index in [0.29, 0.717) is 44.9 Å². The zero-order chi connectivity index (χ0) is 70.0. The van der Waals surface area contributed by atoms with E-state index in [1.54, 1.807) is 6.92 Å². The Morgan fingerprint density at radius 3 is 1.69 bits per heavy atom. The number of aliphatic hydroxyl groups is 18. The second-order valence-electron chi connectivity index (χ2n) is 31.4. The number of fused-ring (bicyclic) bond motifs is 7. The van der Waals surface area contributed by atoms with Gasteiger partial charge in [-0.25, -0.2) is 0 Å². The fraction of sp³-hybridized carbons (Fsp3) is 0.954. The van der Waals surface area contributed by atoms with E-state index in [1.807, 2.05) is 0 Å². The first kappa shape index (κ1) is 75.2. The average Bonchev–Trinajstić information content (AvgIpc) is 0.784. The molecule has 5 aliphatic carbocycles. The van der Waals surface area contributed by atoms with Crippen LogP contribution >= 0.6 is 0 Å². The molecule has 96 heavy (non-hydrogen) atoms. The lowest BCUT2D eigenvalue weighted by Gasteiger charge is -2.71. The van der Waals surface area contributed by atoms with Crippen molar-refractivity contribution in [2.24, 2.45) is 50.2 Å². The number of hydrogen-bond acceptors (Lipinski definition) is 31. The molecule has 31 nitrogen and oxygen atoms in total. The average molecular weight is 1380 g/mol. The van der Waals surface area contributed by atoms with Crippen LogP contribution in [0.3, 0.4) is 0 Å². The highest BCUT2D eigenvalue weighted by Crippen LogP contribution is 2.76. The molecule has 11 rings (SSSR count). The highest BCUT2D eigenvalue weighted by Gasteiger charge is 2.71. The molecule has 0 radical (unpaired) electrons. The summed E-state index contributed by atoms with van der Waals surface area (Å²) in [4.78, 5) is 15.4. The number of carbonyl (C=O) groups is 1. The van der Waals surface area contributed by atoms with Gasteiger partial charge < -0.3 is 149 Å². The largest absolute Gasteiger partial charge is 0.432 e. The maximum Gasteiger partial charge on any atom is 0.315 e. The maximum absolute atomic E-state index is 15.4. The molecule has 0 amide bonds. The van der Waals surface area contributed by atoms with Crippen LogP contribution in [0.25, 0.3) is 0 Å². The number of aliphatic hydroxyl groups excluding tert-OH is 18. The summed E-state index contributed by atoms with van der Waals surface area (Å²) in [6, 6.07) is 0. The number of rotatable bonds is 18. The Bertz CT molecular complexity index is 2690. The molecule has 0 spiro atoms. The maximum atomic E-state index is 15.4. The van der Waals surface area contributed by atoms with Crippen LogP contribution in [-0.4, -0.2) is 315 Å². The lowest BCUT2D eigenvalue weighted by molar-refractivity contribution is -0.352. The molecule has 31 heteroatoms. The summed E-state index contributed by atoms with van der Waals surface area (Å²) in [5, 5.41) is 194. The second-order valence-corrected chi connectivity index (χ2v) is 31.4. The van der Waals surface area contributed by atoms with Crippen LogP contribution in [-0.2, 0) is 61.6 Å². The van der Waals surface area contributed by atoms with Crippen molar-refractivity contribution in [3.63, 3.8) is 0 Å². The topological polar surface area (TPSA) is 492 Å². The zero-order valence-corrected chi connectivity index (χ0v) is 55.6. The van der Waals surface area contributed by atoms with Gasteiger partial charge in [0.2, 0.25) is 6.29 Å². The normalized spacial score (nSPS) is 53.0. The third kappa shape index (κ3) is 12.8. The molecule has 6 saturated heterocycles. The summed E-state index contributed by atoms with van der Waals surface area (Å²) in [6.07, 6.45) is -40.3. The zero-order valence-electron chi connectivity index (χ0n) is 55.6. The van der Waals surface area contributed by atoms with Crippen LogP contribution in [0.2, 0.25) is 0 Å². The van der Waals surface area contributed by atoms with Gasteiger partial charge in [0.15, 0.2) is 31.5 Å². The quantitative estimate of drug-likeness (QED) is 0.0348. The monoisotopic (exact) mass is 1380 g/mol. The van der Waals surface area contributed by atoms with Crippen LogP contribution in [0.15, 0.2) is 11.6 Å². The third-order valence-electron chi connectivity index (χ3n) is 25.2. The Kier molecular flexibility index (Phi) is 22.1. The van der Waals surface area contributed by atoms with E-state index >= 15 is 4.79 Å². The van der Waals surface area contributed by atoms with E-state index in [-0.39, 0.29) is 34.0 Å². The molecule has 18 N–H and O–H groups in total. The van der Waals surface area contributed by atoms with E-state index in [4.69, 9.17) is 56.8 Å². The van der Waals surface area contributed by atoms with Crippen LogP contribution in [0.5, 0.6) is 0 Å². The van der Waals surface area contributed by atoms with E-state index < -0.39 is 239 Å². The van der Waals surface area contributed by atoms with Gasteiger partial charge in [-0.15, -0.1) is 0 Å². The Morgan fingerprint density at radius 2 is 1.07 bits per heavy atom. The molecule has 10 fully saturated rings. The van der Waals surface area contributed by atoms with Crippen molar-refractivity contribution in [3.05, 3.63) is 11.6 Å². The Hall–Kier alpha value is -1.95. The van der Waals surface area contributed by atoms with Gasteiger partial charge in [0.25, 0.3) is 0 Å².